The van der Waals surface area contributed by atoms with Crippen LogP contribution in [0.2, 0.25) is 0 Å². The lowest BCUT2D eigenvalue weighted by molar-refractivity contribution is -0.160. The van der Waals surface area contributed by atoms with Crippen molar-refractivity contribution < 1.29 is 32.9 Å². The van der Waals surface area contributed by atoms with Gasteiger partial charge in [-0.25, -0.2) is 4.68 Å². The molecule has 11 heteroatoms. The highest BCUT2D eigenvalue weighted by molar-refractivity contribution is 5.76. The number of aromatic nitrogens is 3. The molecule has 0 radical (unpaired) electrons. The van der Waals surface area contributed by atoms with Crippen LogP contribution in [0.25, 0.3) is 0 Å². The van der Waals surface area contributed by atoms with Crippen LogP contribution < -0.4 is 10.1 Å². The van der Waals surface area contributed by atoms with E-state index in [4.69, 9.17) is 9.47 Å². The highest BCUT2D eigenvalue weighted by Crippen LogP contribution is 2.41. The van der Waals surface area contributed by atoms with Gasteiger partial charge in [-0.05, 0) is 24.6 Å². The highest BCUT2D eigenvalue weighted by Gasteiger charge is 2.50. The number of alkyl halides is 2. The van der Waals surface area contributed by atoms with Crippen molar-refractivity contribution in [2.75, 3.05) is 25.6 Å². The minimum absolute atomic E-state index is 0.0139. The third kappa shape index (κ3) is 4.04. The lowest BCUT2D eigenvalue weighted by Crippen LogP contribution is -2.55. The molecule has 2 aromatic rings. The number of hydrogen-bond donors (Lipinski definition) is 2. The average Bonchev–Trinajstić information content (AvgIpc) is 3.07. The normalized spacial score (nSPS) is 23.8. The van der Waals surface area contributed by atoms with Crippen molar-refractivity contribution in [3.05, 3.63) is 36.2 Å². The van der Waals surface area contributed by atoms with Gasteiger partial charge >= 0.3 is 12.6 Å². The van der Waals surface area contributed by atoms with E-state index in [2.05, 4.69) is 20.1 Å². The summed E-state index contributed by atoms with van der Waals surface area (Å²) < 4.78 is 40.7. The molecule has 0 amide bonds. The van der Waals surface area contributed by atoms with E-state index in [0.29, 0.717) is 5.56 Å². The number of carbonyl (C=O) groups is 1. The van der Waals surface area contributed by atoms with Gasteiger partial charge in [-0.2, -0.15) is 18.9 Å². The number of aliphatic hydroxyl groups is 1. The van der Waals surface area contributed by atoms with E-state index in [-0.39, 0.29) is 24.9 Å². The summed E-state index contributed by atoms with van der Waals surface area (Å²) in [7, 11) is 1.47. The Hall–Kier alpha value is -2.79. The molecule has 1 aliphatic heterocycles. The summed E-state index contributed by atoms with van der Waals surface area (Å²) >= 11 is 0. The molecule has 0 aliphatic carbocycles. The Kier molecular flexibility index (Phi) is 5.75. The highest BCUT2D eigenvalue weighted by atomic mass is 19.3. The molecule has 2 heterocycles. The first-order valence-corrected chi connectivity index (χ1v) is 8.44. The van der Waals surface area contributed by atoms with Crippen LogP contribution in [-0.2, 0) is 14.3 Å². The molecule has 1 aromatic heterocycles. The van der Waals surface area contributed by atoms with Crippen molar-refractivity contribution in [3.63, 3.8) is 0 Å². The van der Waals surface area contributed by atoms with Crippen LogP contribution in [0.4, 0.5) is 14.7 Å². The number of halogens is 2. The number of nitrogens with zero attached hydrogens (tertiary/aromatic N) is 3. The maximum absolute atomic E-state index is 12.8. The minimum Gasteiger partial charge on any atom is -0.463 e. The summed E-state index contributed by atoms with van der Waals surface area (Å²) in [5.41, 5.74) is -1.17. The fraction of sp³-hybridized carbons (Fsp3) is 0.471. The smallest absolute Gasteiger partial charge is 0.387 e. The van der Waals surface area contributed by atoms with Crippen molar-refractivity contribution >= 4 is 11.9 Å². The number of nitrogens with one attached hydrogen (secondary N) is 1. The molecule has 1 aliphatic rings. The van der Waals surface area contributed by atoms with Crippen molar-refractivity contribution in [1.29, 1.82) is 0 Å². The van der Waals surface area contributed by atoms with Gasteiger partial charge in [0.05, 0.1) is 12.6 Å². The second-order valence-electron chi connectivity index (χ2n) is 6.33. The Morgan fingerprint density at radius 2 is 2.07 bits per heavy atom. The van der Waals surface area contributed by atoms with Crippen LogP contribution in [0.3, 0.4) is 0 Å². The SMILES string of the molecule is COCCOC(=O)[C@H]1[C@H](c2ccc(OC(F)F)cc2)n2ncnc2N[C@@]1(C)O. The van der Waals surface area contributed by atoms with Gasteiger partial charge in [-0.3, -0.25) is 4.79 Å². The molecule has 0 bridgehead atoms. The number of carbonyl (C=O) groups excluding carboxylic acids is 1. The van der Waals surface area contributed by atoms with E-state index in [1.54, 1.807) is 0 Å². The number of rotatable bonds is 7. The standard InChI is InChI=1S/C17H20F2N4O5/c1-17(25)12(14(24)27-8-7-26-2)13(23-16(22-17)20-9-21-23)10-3-5-11(6-4-10)28-15(18)19/h3-6,9,12-13,15,25H,7-8H2,1-2H3,(H,20,21,22)/t12-,13+,17+/m1/s1. The summed E-state index contributed by atoms with van der Waals surface area (Å²) in [5, 5.41) is 17.8. The molecule has 0 fully saturated rings. The van der Waals surface area contributed by atoms with Gasteiger partial charge in [0.15, 0.2) is 5.72 Å². The van der Waals surface area contributed by atoms with E-state index in [1.165, 1.54) is 49.3 Å². The van der Waals surface area contributed by atoms with E-state index in [9.17, 15) is 18.7 Å². The molecule has 0 unspecified atom stereocenters. The Morgan fingerprint density at radius 1 is 1.36 bits per heavy atom. The molecule has 1 aromatic carbocycles. The molecule has 3 rings (SSSR count). The first-order chi connectivity index (χ1) is 13.3. The van der Waals surface area contributed by atoms with E-state index in [1.807, 2.05) is 0 Å². The average molecular weight is 398 g/mol. The van der Waals surface area contributed by atoms with Gasteiger partial charge < -0.3 is 24.6 Å². The predicted octanol–water partition coefficient (Wildman–Crippen LogP) is 1.41. The van der Waals surface area contributed by atoms with Gasteiger partial charge in [-0.15, -0.1) is 0 Å². The summed E-state index contributed by atoms with van der Waals surface area (Å²) in [4.78, 5) is 16.8. The second-order valence-corrected chi connectivity index (χ2v) is 6.33. The fourth-order valence-electron chi connectivity index (χ4n) is 3.15. The Labute approximate surface area is 159 Å². The maximum Gasteiger partial charge on any atom is 0.387 e. The number of benzene rings is 1. The van der Waals surface area contributed by atoms with Crippen molar-refractivity contribution in [2.24, 2.45) is 5.92 Å². The number of methoxy groups -OCH3 is 1. The van der Waals surface area contributed by atoms with Crippen LogP contribution in [0.15, 0.2) is 30.6 Å². The van der Waals surface area contributed by atoms with E-state index >= 15 is 0 Å². The summed E-state index contributed by atoms with van der Waals surface area (Å²) in [5.74, 6) is -1.55. The van der Waals surface area contributed by atoms with E-state index < -0.39 is 30.3 Å². The minimum atomic E-state index is -2.95. The predicted molar refractivity (Wildman–Crippen MR) is 91.8 cm³/mol. The molecule has 152 valence electrons. The summed E-state index contributed by atoms with van der Waals surface area (Å²) in [6.07, 6.45) is 1.28. The van der Waals surface area contributed by atoms with Crippen molar-refractivity contribution in [3.8, 4) is 5.75 Å². The molecule has 9 nitrogen and oxygen atoms in total. The lowest BCUT2D eigenvalue weighted by atomic mass is 9.83. The van der Waals surface area contributed by atoms with Crippen molar-refractivity contribution in [2.45, 2.75) is 25.3 Å². The molecule has 2 N–H and O–H groups in total. The zero-order valence-electron chi connectivity index (χ0n) is 15.2. The number of fused-ring (bicyclic) bond motifs is 1. The quantitative estimate of drug-likeness (QED) is 0.533. The van der Waals surface area contributed by atoms with E-state index in [0.717, 1.165) is 0 Å². The second kappa shape index (κ2) is 8.07. The number of ether oxygens (including phenoxy) is 3. The van der Waals surface area contributed by atoms with Crippen LogP contribution in [0.5, 0.6) is 5.75 Å². The Morgan fingerprint density at radius 3 is 2.71 bits per heavy atom. The maximum atomic E-state index is 12.8. The topological polar surface area (TPSA) is 108 Å². The lowest BCUT2D eigenvalue weighted by Gasteiger charge is -2.41. The first-order valence-electron chi connectivity index (χ1n) is 8.44. The van der Waals surface area contributed by atoms with Crippen LogP contribution in [-0.4, -0.2) is 58.5 Å². The molecular weight excluding hydrogens is 378 g/mol. The zero-order chi connectivity index (χ0) is 20.3. The van der Waals surface area contributed by atoms with Crippen LogP contribution in [0.1, 0.15) is 18.5 Å². The molecular formula is C17H20F2N4O5. The fourth-order valence-corrected chi connectivity index (χ4v) is 3.15. The summed E-state index contributed by atoms with van der Waals surface area (Å²) in [6, 6.07) is 4.95. The molecule has 3 atom stereocenters. The van der Waals surface area contributed by atoms with Crippen LogP contribution in [0, 0.1) is 5.92 Å². The number of anilines is 1. The monoisotopic (exact) mass is 398 g/mol. The zero-order valence-corrected chi connectivity index (χ0v) is 15.2. The van der Waals surface area contributed by atoms with Gasteiger partial charge in [0.2, 0.25) is 5.95 Å². The summed E-state index contributed by atoms with van der Waals surface area (Å²) in [6.45, 7) is -1.31. The van der Waals surface area contributed by atoms with Gasteiger partial charge in [0, 0.05) is 7.11 Å². The first kappa shape index (κ1) is 20.0. The van der Waals surface area contributed by atoms with Gasteiger partial charge in [0.1, 0.15) is 24.6 Å². The number of esters is 1. The van der Waals surface area contributed by atoms with Gasteiger partial charge in [-0.1, -0.05) is 12.1 Å². The largest absolute Gasteiger partial charge is 0.463 e. The Balaban J connectivity index is 1.97. The van der Waals surface area contributed by atoms with Crippen LogP contribution >= 0.6 is 0 Å². The third-order valence-electron chi connectivity index (χ3n) is 4.36. The Bertz CT molecular complexity index is 812. The third-order valence-corrected chi connectivity index (χ3v) is 4.36. The van der Waals surface area contributed by atoms with Crippen molar-refractivity contribution in [1.82, 2.24) is 14.8 Å². The number of hydrogen-bond acceptors (Lipinski definition) is 8. The molecule has 0 spiro atoms. The molecule has 28 heavy (non-hydrogen) atoms. The molecule has 0 saturated heterocycles. The van der Waals surface area contributed by atoms with Gasteiger partial charge in [0.25, 0.3) is 0 Å². The molecule has 0 saturated carbocycles.